The van der Waals surface area contributed by atoms with E-state index in [2.05, 4.69) is 12.2 Å². The summed E-state index contributed by atoms with van der Waals surface area (Å²) in [6.07, 6.45) is 2.90. The molecule has 3 heterocycles. The van der Waals surface area contributed by atoms with E-state index in [4.69, 9.17) is 0 Å². The lowest BCUT2D eigenvalue weighted by molar-refractivity contribution is -0.120. The molecule has 2 aliphatic heterocycles. The summed E-state index contributed by atoms with van der Waals surface area (Å²) >= 11 is 1.10. The van der Waals surface area contributed by atoms with Crippen LogP contribution in [0.2, 0.25) is 0 Å². The molecule has 184 valence electrons. The molecule has 9 heteroatoms. The predicted molar refractivity (Wildman–Crippen MR) is 135 cm³/mol. The topological polar surface area (TPSA) is 86.8 Å². The smallest absolute Gasteiger partial charge is 0.254 e. The van der Waals surface area contributed by atoms with Gasteiger partial charge in [0.2, 0.25) is 5.91 Å². The number of hydrogen-bond acceptors (Lipinski definition) is 5. The standard InChI is InChI=1S/C25H33N3O4S2/c1-17-6-10-27(11-7-17)25(30)21-15-23(33-16-21)34(31,32)28-12-8-20(9-13-28)24(29)26-22-5-4-18(2)14-19(22)3/h4-5,14-17,20H,6-13H2,1-3H3,(H,26,29). The van der Waals surface area contributed by atoms with Gasteiger partial charge in [-0.2, -0.15) is 4.31 Å². The molecule has 2 fully saturated rings. The summed E-state index contributed by atoms with van der Waals surface area (Å²) in [5.41, 5.74) is 3.39. The Bertz CT molecular complexity index is 1160. The maximum atomic E-state index is 13.2. The maximum absolute atomic E-state index is 13.2. The average molecular weight is 504 g/mol. The molecule has 1 aromatic heterocycles. The average Bonchev–Trinajstić information content (AvgIpc) is 3.32. The summed E-state index contributed by atoms with van der Waals surface area (Å²) in [6, 6.07) is 7.40. The minimum absolute atomic E-state index is 0.0659. The van der Waals surface area contributed by atoms with Gasteiger partial charge in [-0.15, -0.1) is 11.3 Å². The molecule has 4 rings (SSSR count). The van der Waals surface area contributed by atoms with E-state index in [0.29, 0.717) is 37.4 Å². The SMILES string of the molecule is Cc1ccc(NC(=O)C2CCN(S(=O)(=O)c3cc(C(=O)N4CCC(C)CC4)cs3)CC2)c(C)c1. The summed E-state index contributed by atoms with van der Waals surface area (Å²) in [4.78, 5) is 27.4. The van der Waals surface area contributed by atoms with E-state index in [-0.39, 0.29) is 21.9 Å². The molecule has 2 saturated heterocycles. The fourth-order valence-electron chi connectivity index (χ4n) is 4.63. The van der Waals surface area contributed by atoms with Gasteiger partial charge in [-0.25, -0.2) is 8.42 Å². The van der Waals surface area contributed by atoms with E-state index < -0.39 is 10.0 Å². The fraction of sp³-hybridized carbons (Fsp3) is 0.520. The fourth-order valence-corrected chi connectivity index (χ4v) is 7.41. The molecule has 0 unspecified atom stereocenters. The zero-order chi connectivity index (χ0) is 24.5. The Morgan fingerprint density at radius 2 is 1.68 bits per heavy atom. The second-order valence-electron chi connectivity index (χ2n) is 9.62. The Morgan fingerprint density at radius 1 is 1.00 bits per heavy atom. The monoisotopic (exact) mass is 503 g/mol. The number of anilines is 1. The molecule has 34 heavy (non-hydrogen) atoms. The Hall–Kier alpha value is -2.23. The largest absolute Gasteiger partial charge is 0.339 e. The van der Waals surface area contributed by atoms with Gasteiger partial charge in [0, 0.05) is 43.2 Å². The van der Waals surface area contributed by atoms with Crippen LogP contribution in [0.15, 0.2) is 33.9 Å². The number of thiophene rings is 1. The molecule has 0 radical (unpaired) electrons. The quantitative estimate of drug-likeness (QED) is 0.660. The van der Waals surface area contributed by atoms with Gasteiger partial charge in [-0.1, -0.05) is 24.6 Å². The van der Waals surface area contributed by atoms with Crippen molar-refractivity contribution in [2.75, 3.05) is 31.5 Å². The summed E-state index contributed by atoms with van der Waals surface area (Å²) in [6.45, 7) is 8.18. The highest BCUT2D eigenvalue weighted by Gasteiger charge is 2.34. The zero-order valence-corrected chi connectivity index (χ0v) is 21.7. The minimum atomic E-state index is -3.68. The lowest BCUT2D eigenvalue weighted by Gasteiger charge is -2.30. The van der Waals surface area contributed by atoms with Crippen LogP contribution in [-0.4, -0.2) is 55.6 Å². The van der Waals surface area contributed by atoms with Crippen molar-refractivity contribution in [2.45, 2.75) is 50.7 Å². The minimum Gasteiger partial charge on any atom is -0.339 e. The highest BCUT2D eigenvalue weighted by atomic mass is 32.2. The van der Waals surface area contributed by atoms with E-state index in [9.17, 15) is 18.0 Å². The molecule has 1 N–H and O–H groups in total. The number of likely N-dealkylation sites (tertiary alicyclic amines) is 1. The van der Waals surface area contributed by atoms with Crippen molar-refractivity contribution in [3.8, 4) is 0 Å². The number of sulfonamides is 1. The van der Waals surface area contributed by atoms with Crippen molar-refractivity contribution in [2.24, 2.45) is 11.8 Å². The third kappa shape index (κ3) is 5.37. The molecule has 0 spiro atoms. The number of nitrogens with one attached hydrogen (secondary N) is 1. The third-order valence-electron chi connectivity index (χ3n) is 6.95. The van der Waals surface area contributed by atoms with E-state index in [1.807, 2.05) is 36.9 Å². The van der Waals surface area contributed by atoms with E-state index in [1.165, 1.54) is 10.4 Å². The van der Waals surface area contributed by atoms with Crippen LogP contribution in [0.25, 0.3) is 0 Å². The molecule has 2 aliphatic rings. The number of hydrogen-bond donors (Lipinski definition) is 1. The van der Waals surface area contributed by atoms with Gasteiger partial charge in [-0.05, 0) is 63.1 Å². The van der Waals surface area contributed by atoms with Gasteiger partial charge >= 0.3 is 0 Å². The lowest BCUT2D eigenvalue weighted by atomic mass is 9.97. The van der Waals surface area contributed by atoms with Crippen LogP contribution in [-0.2, 0) is 14.8 Å². The van der Waals surface area contributed by atoms with Crippen LogP contribution in [0, 0.1) is 25.7 Å². The van der Waals surface area contributed by atoms with Crippen molar-refractivity contribution >= 4 is 38.9 Å². The van der Waals surface area contributed by atoms with Crippen molar-refractivity contribution in [1.29, 1.82) is 0 Å². The highest BCUT2D eigenvalue weighted by Crippen LogP contribution is 2.30. The lowest BCUT2D eigenvalue weighted by Crippen LogP contribution is -2.41. The van der Waals surface area contributed by atoms with Crippen molar-refractivity contribution in [1.82, 2.24) is 9.21 Å². The van der Waals surface area contributed by atoms with Gasteiger partial charge in [0.15, 0.2) is 0 Å². The number of piperidine rings is 2. The van der Waals surface area contributed by atoms with Gasteiger partial charge in [0.1, 0.15) is 4.21 Å². The number of rotatable bonds is 5. The van der Waals surface area contributed by atoms with Crippen molar-refractivity contribution in [3.05, 3.63) is 46.3 Å². The summed E-state index contributed by atoms with van der Waals surface area (Å²) in [5, 5.41) is 4.65. The van der Waals surface area contributed by atoms with E-state index in [1.54, 1.807) is 5.38 Å². The van der Waals surface area contributed by atoms with Crippen LogP contribution >= 0.6 is 11.3 Å². The first-order valence-electron chi connectivity index (χ1n) is 11.9. The molecule has 1 aromatic carbocycles. The van der Waals surface area contributed by atoms with Crippen LogP contribution in [0.1, 0.15) is 54.1 Å². The number of carbonyl (C=O) groups is 2. The Balaban J connectivity index is 1.35. The van der Waals surface area contributed by atoms with Crippen LogP contribution in [0.3, 0.4) is 0 Å². The van der Waals surface area contributed by atoms with Crippen LogP contribution < -0.4 is 5.32 Å². The van der Waals surface area contributed by atoms with Crippen molar-refractivity contribution < 1.29 is 18.0 Å². The second-order valence-corrected chi connectivity index (χ2v) is 12.7. The number of aryl methyl sites for hydroxylation is 2. The molecule has 0 bridgehead atoms. The van der Waals surface area contributed by atoms with Gasteiger partial charge in [-0.3, -0.25) is 9.59 Å². The predicted octanol–water partition coefficient (Wildman–Crippen LogP) is 4.28. The molecule has 0 aliphatic carbocycles. The Labute approximate surface area is 206 Å². The van der Waals surface area contributed by atoms with E-state index in [0.717, 1.165) is 54.1 Å². The van der Waals surface area contributed by atoms with Crippen LogP contribution in [0.5, 0.6) is 0 Å². The van der Waals surface area contributed by atoms with Crippen LogP contribution in [0.4, 0.5) is 5.69 Å². The van der Waals surface area contributed by atoms with Gasteiger partial charge < -0.3 is 10.2 Å². The Morgan fingerprint density at radius 3 is 2.32 bits per heavy atom. The normalized spacial score (nSPS) is 18.7. The van der Waals surface area contributed by atoms with Gasteiger partial charge in [0.25, 0.3) is 15.9 Å². The molecular formula is C25H33N3O4S2. The molecule has 7 nitrogen and oxygen atoms in total. The highest BCUT2D eigenvalue weighted by molar-refractivity contribution is 7.91. The van der Waals surface area contributed by atoms with Gasteiger partial charge in [0.05, 0.1) is 5.56 Å². The zero-order valence-electron chi connectivity index (χ0n) is 20.0. The number of benzene rings is 1. The number of nitrogens with zero attached hydrogens (tertiary/aromatic N) is 2. The molecule has 2 aromatic rings. The summed E-state index contributed by atoms with van der Waals surface area (Å²) in [7, 11) is -3.68. The molecule has 0 atom stereocenters. The summed E-state index contributed by atoms with van der Waals surface area (Å²) < 4.78 is 28.0. The summed E-state index contributed by atoms with van der Waals surface area (Å²) in [5.74, 6) is 0.234. The molecule has 2 amide bonds. The molecule has 0 saturated carbocycles. The maximum Gasteiger partial charge on any atom is 0.254 e. The second kappa shape index (κ2) is 10.2. The number of amides is 2. The first-order valence-corrected chi connectivity index (χ1v) is 14.2. The van der Waals surface area contributed by atoms with E-state index >= 15 is 0 Å². The first-order chi connectivity index (χ1) is 16.1. The Kier molecular flexibility index (Phi) is 7.45. The first kappa shape index (κ1) is 24.9. The molecular weight excluding hydrogens is 470 g/mol. The number of carbonyl (C=O) groups excluding carboxylic acids is 2. The third-order valence-corrected chi connectivity index (χ3v) is 10.3. The van der Waals surface area contributed by atoms with Crippen molar-refractivity contribution in [3.63, 3.8) is 0 Å².